The number of aryl methyl sites for hydroxylation is 2. The maximum atomic E-state index is 6.39. The van der Waals surface area contributed by atoms with Gasteiger partial charge in [-0.3, -0.25) is 4.68 Å². The van der Waals surface area contributed by atoms with Gasteiger partial charge in [0.15, 0.2) is 5.65 Å². The molecule has 2 aromatic heterocycles. The Labute approximate surface area is 132 Å². The van der Waals surface area contributed by atoms with Crippen molar-refractivity contribution in [3.8, 4) is 0 Å². The van der Waals surface area contributed by atoms with Gasteiger partial charge in [-0.2, -0.15) is 5.10 Å². The molecule has 2 heterocycles. The summed E-state index contributed by atoms with van der Waals surface area (Å²) in [7, 11) is 2.00. The van der Waals surface area contributed by atoms with Crippen LogP contribution in [0.5, 0.6) is 0 Å². The maximum Gasteiger partial charge on any atom is 0.158 e. The zero-order valence-corrected chi connectivity index (χ0v) is 14.8. The van der Waals surface area contributed by atoms with E-state index in [4.69, 9.17) is 16.6 Å². The Morgan fingerprint density at radius 1 is 1.19 bits per heavy atom. The van der Waals surface area contributed by atoms with Crippen molar-refractivity contribution < 1.29 is 0 Å². The van der Waals surface area contributed by atoms with Crippen LogP contribution >= 0.6 is 11.6 Å². The molecule has 0 saturated carbocycles. The molecule has 0 aliphatic carbocycles. The van der Waals surface area contributed by atoms with Crippen molar-refractivity contribution in [3.63, 3.8) is 0 Å². The molecule has 0 spiro atoms. The van der Waals surface area contributed by atoms with Crippen molar-refractivity contribution in [1.29, 1.82) is 0 Å². The smallest absolute Gasteiger partial charge is 0.158 e. The molecule has 2 rings (SSSR count). The van der Waals surface area contributed by atoms with Crippen molar-refractivity contribution in [3.05, 3.63) is 11.5 Å². The lowest BCUT2D eigenvalue weighted by Gasteiger charge is -2.20. The lowest BCUT2D eigenvalue weighted by molar-refractivity contribution is 0.420. The van der Waals surface area contributed by atoms with Crippen molar-refractivity contribution in [2.75, 3.05) is 0 Å². The van der Waals surface area contributed by atoms with Crippen LogP contribution in [0.4, 0.5) is 0 Å². The van der Waals surface area contributed by atoms with Gasteiger partial charge in [0.05, 0.1) is 11.1 Å². The van der Waals surface area contributed by atoms with Gasteiger partial charge in [-0.15, -0.1) is 11.6 Å². The van der Waals surface area contributed by atoms with E-state index in [-0.39, 0.29) is 5.38 Å². The van der Waals surface area contributed by atoms with Gasteiger partial charge in [-0.05, 0) is 32.6 Å². The van der Waals surface area contributed by atoms with Gasteiger partial charge in [0.2, 0.25) is 0 Å². The van der Waals surface area contributed by atoms with Crippen LogP contribution in [0.25, 0.3) is 11.2 Å². The molecule has 21 heavy (non-hydrogen) atoms. The largest absolute Gasteiger partial charge is 0.309 e. The Hall–Kier alpha value is -1.03. The first-order valence-corrected chi connectivity index (χ1v) is 8.38. The van der Waals surface area contributed by atoms with Crippen LogP contribution in [0, 0.1) is 5.92 Å². The van der Waals surface area contributed by atoms with E-state index in [2.05, 4.69) is 37.4 Å². The molecule has 0 aromatic carbocycles. The first kappa shape index (κ1) is 16.3. The van der Waals surface area contributed by atoms with E-state index in [1.807, 2.05) is 18.7 Å². The highest BCUT2D eigenvalue weighted by molar-refractivity contribution is 6.20. The molecule has 0 N–H and O–H groups in total. The Morgan fingerprint density at radius 2 is 1.86 bits per heavy atom. The number of alkyl halides is 1. The summed E-state index contributed by atoms with van der Waals surface area (Å²) in [6, 6.07) is 0.371. The van der Waals surface area contributed by atoms with Crippen LogP contribution in [-0.2, 0) is 13.5 Å². The summed E-state index contributed by atoms with van der Waals surface area (Å²) >= 11 is 6.39. The summed E-state index contributed by atoms with van der Waals surface area (Å²) in [5, 5.41) is 4.56. The predicted molar refractivity (Wildman–Crippen MR) is 88.9 cm³/mol. The second kappa shape index (κ2) is 6.39. The lowest BCUT2D eigenvalue weighted by atomic mass is 10.0. The molecule has 118 valence electrons. The van der Waals surface area contributed by atoms with E-state index in [1.165, 1.54) is 0 Å². The normalized spacial score (nSPS) is 15.0. The summed E-state index contributed by atoms with van der Waals surface area (Å²) < 4.78 is 4.26. The van der Waals surface area contributed by atoms with Gasteiger partial charge in [0.1, 0.15) is 11.3 Å². The number of halogens is 1. The monoisotopic (exact) mass is 310 g/mol. The van der Waals surface area contributed by atoms with Crippen LogP contribution in [0.1, 0.15) is 70.4 Å². The number of aromatic nitrogens is 4. The van der Waals surface area contributed by atoms with Gasteiger partial charge >= 0.3 is 0 Å². The number of nitrogens with zero attached hydrogens (tertiary/aromatic N) is 4. The minimum absolute atomic E-state index is 0.0958. The average molecular weight is 311 g/mol. The first-order chi connectivity index (χ1) is 9.86. The quantitative estimate of drug-likeness (QED) is 0.729. The third-order valence-electron chi connectivity index (χ3n) is 3.86. The molecule has 0 bridgehead atoms. The Morgan fingerprint density at radius 3 is 2.38 bits per heavy atom. The highest BCUT2D eigenvalue weighted by Crippen LogP contribution is 2.32. The van der Waals surface area contributed by atoms with Gasteiger partial charge in [-0.25, -0.2) is 4.98 Å². The molecular weight excluding hydrogens is 284 g/mol. The third-order valence-corrected chi connectivity index (χ3v) is 4.05. The van der Waals surface area contributed by atoms with Crippen LogP contribution in [-0.4, -0.2) is 19.3 Å². The van der Waals surface area contributed by atoms with E-state index in [9.17, 15) is 0 Å². The van der Waals surface area contributed by atoms with Gasteiger partial charge in [-0.1, -0.05) is 27.2 Å². The lowest BCUT2D eigenvalue weighted by Crippen LogP contribution is -2.14. The predicted octanol–water partition coefficient (Wildman–Crippen LogP) is 4.63. The fourth-order valence-corrected chi connectivity index (χ4v) is 3.28. The molecule has 0 amide bonds. The number of hydrogen-bond acceptors (Lipinski definition) is 2. The molecular formula is C16H27ClN4. The highest BCUT2D eigenvalue weighted by atomic mass is 35.5. The van der Waals surface area contributed by atoms with Crippen molar-refractivity contribution >= 4 is 22.8 Å². The van der Waals surface area contributed by atoms with E-state index in [0.717, 1.165) is 41.9 Å². The average Bonchev–Trinajstić information content (AvgIpc) is 2.88. The summed E-state index contributed by atoms with van der Waals surface area (Å²) in [6.45, 7) is 10.9. The van der Waals surface area contributed by atoms with Crippen molar-refractivity contribution in [2.45, 2.75) is 65.3 Å². The van der Waals surface area contributed by atoms with E-state index in [0.29, 0.717) is 12.0 Å². The van der Waals surface area contributed by atoms with Gasteiger partial charge in [0.25, 0.3) is 0 Å². The van der Waals surface area contributed by atoms with Crippen molar-refractivity contribution in [1.82, 2.24) is 19.3 Å². The molecule has 0 saturated heterocycles. The van der Waals surface area contributed by atoms with Crippen LogP contribution in [0.15, 0.2) is 0 Å². The van der Waals surface area contributed by atoms with E-state index in [1.54, 1.807) is 0 Å². The molecule has 2 unspecified atom stereocenters. The number of imidazole rings is 1. The fraction of sp³-hybridized carbons (Fsp3) is 0.750. The number of hydrogen-bond donors (Lipinski definition) is 0. The molecule has 4 nitrogen and oxygen atoms in total. The van der Waals surface area contributed by atoms with Crippen LogP contribution in [0.3, 0.4) is 0 Å². The summed E-state index contributed by atoms with van der Waals surface area (Å²) in [4.78, 5) is 4.83. The third kappa shape index (κ3) is 3.10. The topological polar surface area (TPSA) is 35.6 Å². The zero-order valence-electron chi connectivity index (χ0n) is 14.0. The standard InChI is InChI=1S/C16H27ClN4/c1-7-8-13-14-16(20(6)19-13)21(11(4)9-10(2)3)15(18-14)12(5)17/h10-12H,7-9H2,1-6H3. The first-order valence-electron chi connectivity index (χ1n) is 7.94. The minimum Gasteiger partial charge on any atom is -0.309 e. The zero-order chi connectivity index (χ0) is 15.7. The second-order valence-corrected chi connectivity index (χ2v) is 7.08. The summed E-state index contributed by atoms with van der Waals surface area (Å²) in [5.74, 6) is 1.60. The minimum atomic E-state index is -0.0958. The molecule has 0 aliphatic heterocycles. The molecule has 0 radical (unpaired) electrons. The van der Waals surface area contributed by atoms with Gasteiger partial charge in [0, 0.05) is 13.1 Å². The highest BCUT2D eigenvalue weighted by Gasteiger charge is 2.24. The van der Waals surface area contributed by atoms with E-state index < -0.39 is 0 Å². The Balaban J connectivity index is 2.62. The SMILES string of the molecule is CCCc1nn(C)c2c1nc(C(C)Cl)n2C(C)CC(C)C. The number of rotatable bonds is 6. The van der Waals surface area contributed by atoms with Crippen LogP contribution in [0.2, 0.25) is 0 Å². The van der Waals surface area contributed by atoms with E-state index >= 15 is 0 Å². The molecule has 2 atom stereocenters. The van der Waals surface area contributed by atoms with Crippen molar-refractivity contribution in [2.24, 2.45) is 13.0 Å². The number of fused-ring (bicyclic) bond motifs is 1. The molecule has 0 aliphatic rings. The van der Waals surface area contributed by atoms with Gasteiger partial charge < -0.3 is 4.57 Å². The fourth-order valence-electron chi connectivity index (χ4n) is 3.13. The summed E-state index contributed by atoms with van der Waals surface area (Å²) in [5.41, 5.74) is 3.22. The van der Waals surface area contributed by atoms with Crippen LogP contribution < -0.4 is 0 Å². The molecule has 5 heteroatoms. The Kier molecular flexibility index (Phi) is 4.97. The molecule has 0 fully saturated rings. The Bertz CT molecular complexity index is 609. The maximum absolute atomic E-state index is 6.39. The second-order valence-electron chi connectivity index (χ2n) is 6.43. The molecule has 2 aromatic rings. The summed E-state index contributed by atoms with van der Waals surface area (Å²) in [6.07, 6.45) is 3.14.